The quantitative estimate of drug-likeness (QED) is 0.564. The summed E-state index contributed by atoms with van der Waals surface area (Å²) in [4.78, 5) is 0. The molecule has 3 heteroatoms. The summed E-state index contributed by atoms with van der Waals surface area (Å²) in [7, 11) is 0. The van der Waals surface area contributed by atoms with Crippen LogP contribution in [0.15, 0.2) is 0 Å². The van der Waals surface area contributed by atoms with Gasteiger partial charge in [0.25, 0.3) is 0 Å². The second kappa shape index (κ2) is 5.93. The van der Waals surface area contributed by atoms with E-state index in [0.29, 0.717) is 5.75 Å². The van der Waals surface area contributed by atoms with Crippen LogP contribution in [0.2, 0.25) is 0 Å². The lowest BCUT2D eigenvalue weighted by atomic mass is 10.8. The van der Waals surface area contributed by atoms with Crippen LogP contribution in [0.1, 0.15) is 13.8 Å². The minimum absolute atomic E-state index is 0.162. The van der Waals surface area contributed by atoms with E-state index in [0.717, 1.165) is 6.61 Å². The van der Waals surface area contributed by atoms with Crippen LogP contribution >= 0.6 is 11.8 Å². The molecule has 0 aliphatic carbocycles. The second-order valence-corrected chi connectivity index (χ2v) is 2.78. The minimum Gasteiger partial charge on any atom is -0.368 e. The predicted octanol–water partition coefficient (Wildman–Crippen LogP) is 1.63. The Hall–Kier alpha value is -0.200. The normalized spacial score (nSPS) is 12.6. The molecule has 0 rings (SSSR count). The van der Waals surface area contributed by atoms with Crippen LogP contribution < -0.4 is 0 Å². The van der Waals surface area contributed by atoms with Gasteiger partial charge < -0.3 is 4.74 Å². The number of thioether (sulfide) groups is 1. The number of hydrogen-bond donors (Lipinski definition) is 0. The topological polar surface area (TPSA) is 33.0 Å². The SMILES string of the molecule is CCOC(C)SCC#N. The van der Waals surface area contributed by atoms with Crippen molar-refractivity contribution in [2.45, 2.75) is 19.3 Å². The smallest absolute Gasteiger partial charge is 0.101 e. The number of hydrogen-bond acceptors (Lipinski definition) is 3. The summed E-state index contributed by atoms with van der Waals surface area (Å²) in [5, 5.41) is 8.16. The highest BCUT2D eigenvalue weighted by Crippen LogP contribution is 2.09. The van der Waals surface area contributed by atoms with Crippen molar-refractivity contribution in [3.05, 3.63) is 0 Å². The van der Waals surface area contributed by atoms with E-state index in [4.69, 9.17) is 10.00 Å². The summed E-state index contributed by atoms with van der Waals surface area (Å²) in [5.74, 6) is 0.515. The zero-order chi connectivity index (χ0) is 7.11. The molecule has 1 atom stereocenters. The molecule has 0 N–H and O–H groups in total. The number of ether oxygens (including phenoxy) is 1. The average molecular weight is 145 g/mol. The Morgan fingerprint density at radius 3 is 2.89 bits per heavy atom. The summed E-state index contributed by atoms with van der Waals surface area (Å²) in [5.41, 5.74) is 0.162. The van der Waals surface area contributed by atoms with Gasteiger partial charge in [-0.2, -0.15) is 5.26 Å². The van der Waals surface area contributed by atoms with Crippen LogP contribution in [0.5, 0.6) is 0 Å². The molecule has 0 aromatic rings. The van der Waals surface area contributed by atoms with E-state index >= 15 is 0 Å². The third-order valence-corrected chi connectivity index (χ3v) is 1.69. The maximum Gasteiger partial charge on any atom is 0.101 e. The van der Waals surface area contributed by atoms with Crippen molar-refractivity contribution in [2.75, 3.05) is 12.4 Å². The van der Waals surface area contributed by atoms with Crippen molar-refractivity contribution in [1.82, 2.24) is 0 Å². The fraction of sp³-hybridized carbons (Fsp3) is 0.833. The lowest BCUT2D eigenvalue weighted by Gasteiger charge is -2.06. The molecule has 0 amide bonds. The lowest BCUT2D eigenvalue weighted by Crippen LogP contribution is -2.02. The van der Waals surface area contributed by atoms with Crippen molar-refractivity contribution < 1.29 is 4.74 Å². The van der Waals surface area contributed by atoms with E-state index in [-0.39, 0.29) is 5.44 Å². The average Bonchev–Trinajstić information content (AvgIpc) is 1.85. The highest BCUT2D eigenvalue weighted by atomic mass is 32.2. The molecule has 9 heavy (non-hydrogen) atoms. The van der Waals surface area contributed by atoms with Crippen LogP contribution in [-0.2, 0) is 4.74 Å². The summed E-state index contributed by atoms with van der Waals surface area (Å²) < 4.78 is 5.16. The van der Waals surface area contributed by atoms with Gasteiger partial charge in [-0.05, 0) is 13.8 Å². The first-order valence-corrected chi connectivity index (χ1v) is 3.96. The molecule has 0 saturated carbocycles. The molecule has 0 radical (unpaired) electrons. The van der Waals surface area contributed by atoms with E-state index in [1.807, 2.05) is 19.9 Å². The highest BCUT2D eigenvalue weighted by Gasteiger charge is 1.97. The van der Waals surface area contributed by atoms with Gasteiger partial charge in [-0.3, -0.25) is 0 Å². The monoisotopic (exact) mass is 145 g/mol. The molecule has 0 saturated heterocycles. The molecule has 52 valence electrons. The Balaban J connectivity index is 3.07. The highest BCUT2D eigenvalue weighted by molar-refractivity contribution is 7.99. The Morgan fingerprint density at radius 2 is 2.44 bits per heavy atom. The molecule has 0 spiro atoms. The fourth-order valence-electron chi connectivity index (χ4n) is 0.437. The number of nitriles is 1. The van der Waals surface area contributed by atoms with Gasteiger partial charge in [0.05, 0.1) is 11.8 Å². The Labute approximate surface area is 60.2 Å². The molecule has 0 aliphatic heterocycles. The molecule has 0 heterocycles. The minimum atomic E-state index is 0.162. The maximum absolute atomic E-state index is 8.16. The van der Waals surface area contributed by atoms with E-state index < -0.39 is 0 Å². The van der Waals surface area contributed by atoms with E-state index in [2.05, 4.69) is 0 Å². The van der Waals surface area contributed by atoms with Gasteiger partial charge in [0.15, 0.2) is 0 Å². The van der Waals surface area contributed by atoms with Gasteiger partial charge in [-0.1, -0.05) is 0 Å². The Kier molecular flexibility index (Phi) is 5.80. The molecule has 1 unspecified atom stereocenters. The van der Waals surface area contributed by atoms with Crippen LogP contribution in [0.25, 0.3) is 0 Å². The van der Waals surface area contributed by atoms with Crippen molar-refractivity contribution >= 4 is 11.8 Å². The summed E-state index contributed by atoms with van der Waals surface area (Å²) in [6.07, 6.45) is 0. The predicted molar refractivity (Wildman–Crippen MR) is 39.2 cm³/mol. The lowest BCUT2D eigenvalue weighted by molar-refractivity contribution is 0.137. The first kappa shape index (κ1) is 8.80. The van der Waals surface area contributed by atoms with E-state index in [1.54, 1.807) is 0 Å². The van der Waals surface area contributed by atoms with Crippen LogP contribution in [-0.4, -0.2) is 17.8 Å². The van der Waals surface area contributed by atoms with Gasteiger partial charge in [0.2, 0.25) is 0 Å². The van der Waals surface area contributed by atoms with Gasteiger partial charge in [-0.15, -0.1) is 11.8 Å². The molecule has 0 fully saturated rings. The molecule has 0 aromatic heterocycles. The second-order valence-electron chi connectivity index (χ2n) is 1.49. The Bertz CT molecular complexity index is 99.7. The van der Waals surface area contributed by atoms with E-state index in [9.17, 15) is 0 Å². The molecular weight excluding hydrogens is 134 g/mol. The summed E-state index contributed by atoms with van der Waals surface area (Å²) in [6, 6.07) is 2.04. The number of nitrogens with zero attached hydrogens (tertiary/aromatic N) is 1. The zero-order valence-corrected chi connectivity index (χ0v) is 6.57. The fourth-order valence-corrected chi connectivity index (χ4v) is 0.979. The standard InChI is InChI=1S/C6H11NOS/c1-3-8-6(2)9-5-4-7/h6H,3,5H2,1-2H3. The van der Waals surface area contributed by atoms with Crippen molar-refractivity contribution in [1.29, 1.82) is 5.26 Å². The van der Waals surface area contributed by atoms with E-state index in [1.165, 1.54) is 11.8 Å². The number of rotatable bonds is 4. The largest absolute Gasteiger partial charge is 0.368 e. The van der Waals surface area contributed by atoms with Gasteiger partial charge in [-0.25, -0.2) is 0 Å². The maximum atomic E-state index is 8.16. The molecular formula is C6H11NOS. The first-order chi connectivity index (χ1) is 4.31. The van der Waals surface area contributed by atoms with Crippen LogP contribution in [0.3, 0.4) is 0 Å². The van der Waals surface area contributed by atoms with Gasteiger partial charge >= 0.3 is 0 Å². The third-order valence-electron chi connectivity index (χ3n) is 0.784. The van der Waals surface area contributed by atoms with Gasteiger partial charge in [0, 0.05) is 6.61 Å². The molecule has 0 bridgehead atoms. The Morgan fingerprint density at radius 1 is 1.78 bits per heavy atom. The molecule has 2 nitrogen and oxygen atoms in total. The molecule has 0 aromatic carbocycles. The summed E-state index contributed by atoms with van der Waals surface area (Å²) in [6.45, 7) is 4.62. The van der Waals surface area contributed by atoms with Gasteiger partial charge in [0.1, 0.15) is 5.44 Å². The van der Waals surface area contributed by atoms with Crippen LogP contribution in [0.4, 0.5) is 0 Å². The summed E-state index contributed by atoms with van der Waals surface area (Å²) >= 11 is 1.52. The zero-order valence-electron chi connectivity index (χ0n) is 5.76. The van der Waals surface area contributed by atoms with Crippen molar-refractivity contribution in [3.63, 3.8) is 0 Å². The van der Waals surface area contributed by atoms with Crippen molar-refractivity contribution in [2.24, 2.45) is 0 Å². The van der Waals surface area contributed by atoms with Crippen LogP contribution in [0, 0.1) is 11.3 Å². The third kappa shape index (κ3) is 5.67. The first-order valence-electron chi connectivity index (χ1n) is 2.91. The molecule has 0 aliphatic rings. The van der Waals surface area contributed by atoms with Crippen molar-refractivity contribution in [3.8, 4) is 6.07 Å².